The topological polar surface area (TPSA) is 78.3 Å². The van der Waals surface area contributed by atoms with Crippen LogP contribution in [-0.2, 0) is 11.2 Å². The van der Waals surface area contributed by atoms with Gasteiger partial charge in [-0.3, -0.25) is 0 Å². The van der Waals surface area contributed by atoms with Crippen molar-refractivity contribution in [2.24, 2.45) is 11.5 Å². The fourth-order valence-corrected chi connectivity index (χ4v) is 1.55. The van der Waals surface area contributed by atoms with Crippen molar-refractivity contribution in [3.63, 3.8) is 0 Å². The number of carbonyl (C=O) groups excluding carboxylic acids is 1. The Bertz CT molecular complexity index is 339. The summed E-state index contributed by atoms with van der Waals surface area (Å²) in [5.41, 5.74) is 12.5. The normalized spacial score (nSPS) is 12.1. The summed E-state index contributed by atoms with van der Waals surface area (Å²) in [6, 6.07) is 7.73. The van der Waals surface area contributed by atoms with Crippen LogP contribution in [0.3, 0.4) is 0 Å². The van der Waals surface area contributed by atoms with E-state index in [1.807, 2.05) is 24.3 Å². The van der Waals surface area contributed by atoms with Crippen LogP contribution in [-0.4, -0.2) is 12.6 Å². The molecule has 82 valence electrons. The van der Waals surface area contributed by atoms with Gasteiger partial charge in [0, 0.05) is 0 Å². The van der Waals surface area contributed by atoms with Crippen LogP contribution in [0.2, 0.25) is 0 Å². The maximum absolute atomic E-state index is 10.6. The maximum Gasteiger partial charge on any atom is 0.405 e. The molecule has 1 rings (SSSR count). The Labute approximate surface area is 89.2 Å². The fourth-order valence-electron chi connectivity index (χ4n) is 1.55. The zero-order chi connectivity index (χ0) is 11.3. The number of amides is 1. The van der Waals surface area contributed by atoms with Crippen molar-refractivity contribution in [3.8, 4) is 0 Å². The zero-order valence-corrected chi connectivity index (χ0v) is 8.77. The lowest BCUT2D eigenvalue weighted by Crippen LogP contribution is -2.17. The number of primary amides is 1. The average molecular weight is 208 g/mol. The lowest BCUT2D eigenvalue weighted by atomic mass is 10.0. The molecule has 0 heterocycles. The van der Waals surface area contributed by atoms with Gasteiger partial charge < -0.3 is 16.2 Å². The van der Waals surface area contributed by atoms with Crippen molar-refractivity contribution >= 4 is 6.09 Å². The van der Waals surface area contributed by atoms with Crippen molar-refractivity contribution in [3.05, 3.63) is 35.4 Å². The minimum Gasteiger partial charge on any atom is -0.442 e. The third-order valence-electron chi connectivity index (χ3n) is 2.20. The minimum absolute atomic E-state index is 0.328. The molecule has 1 amide bonds. The van der Waals surface area contributed by atoms with Crippen molar-refractivity contribution < 1.29 is 9.53 Å². The van der Waals surface area contributed by atoms with Crippen LogP contribution < -0.4 is 11.5 Å². The van der Waals surface area contributed by atoms with E-state index in [4.69, 9.17) is 16.2 Å². The number of hydrogen-bond acceptors (Lipinski definition) is 3. The number of rotatable bonds is 4. The van der Waals surface area contributed by atoms with Gasteiger partial charge in [0.15, 0.2) is 0 Å². The number of ether oxygens (including phenoxy) is 1. The molecule has 0 aliphatic heterocycles. The maximum atomic E-state index is 10.6. The number of carbonyl (C=O) groups is 1. The van der Waals surface area contributed by atoms with Crippen LogP contribution in [0.1, 0.15) is 24.2 Å². The molecular weight excluding hydrogens is 192 g/mol. The molecule has 1 unspecified atom stereocenters. The van der Waals surface area contributed by atoms with Gasteiger partial charge in [-0.2, -0.15) is 0 Å². The SMILES string of the molecule is CC(OC(N)=O)c1ccccc1CCN. The van der Waals surface area contributed by atoms with Crippen molar-refractivity contribution in [2.75, 3.05) is 6.54 Å². The Balaban J connectivity index is 2.86. The molecule has 4 nitrogen and oxygen atoms in total. The first-order valence-electron chi connectivity index (χ1n) is 4.89. The van der Waals surface area contributed by atoms with Crippen LogP contribution in [0.15, 0.2) is 24.3 Å². The smallest absolute Gasteiger partial charge is 0.405 e. The summed E-state index contributed by atoms with van der Waals surface area (Å²) in [6.07, 6.45) is -0.321. The van der Waals surface area contributed by atoms with Gasteiger partial charge in [-0.1, -0.05) is 24.3 Å². The van der Waals surface area contributed by atoms with E-state index < -0.39 is 6.09 Å². The molecule has 4 heteroatoms. The van der Waals surface area contributed by atoms with Crippen molar-refractivity contribution in [2.45, 2.75) is 19.4 Å². The summed E-state index contributed by atoms with van der Waals surface area (Å²) < 4.78 is 4.92. The second kappa shape index (κ2) is 5.36. The highest BCUT2D eigenvalue weighted by molar-refractivity contribution is 5.65. The van der Waals surface area contributed by atoms with Crippen molar-refractivity contribution in [1.29, 1.82) is 0 Å². The third-order valence-corrected chi connectivity index (χ3v) is 2.20. The van der Waals surface area contributed by atoms with E-state index in [0.717, 1.165) is 17.5 Å². The van der Waals surface area contributed by atoms with Crippen LogP contribution >= 0.6 is 0 Å². The summed E-state index contributed by atoms with van der Waals surface area (Å²) in [7, 11) is 0. The fraction of sp³-hybridized carbons (Fsp3) is 0.364. The lowest BCUT2D eigenvalue weighted by Gasteiger charge is -2.15. The van der Waals surface area contributed by atoms with Gasteiger partial charge in [0.05, 0.1) is 0 Å². The van der Waals surface area contributed by atoms with E-state index in [0.29, 0.717) is 6.54 Å². The Hall–Kier alpha value is -1.55. The van der Waals surface area contributed by atoms with Gasteiger partial charge in [-0.25, -0.2) is 4.79 Å². The van der Waals surface area contributed by atoms with Gasteiger partial charge in [0.1, 0.15) is 6.10 Å². The third kappa shape index (κ3) is 3.25. The average Bonchev–Trinajstić information content (AvgIpc) is 2.18. The molecule has 0 aliphatic rings. The molecule has 0 aliphatic carbocycles. The number of nitrogens with two attached hydrogens (primary N) is 2. The molecule has 0 saturated heterocycles. The van der Waals surface area contributed by atoms with Gasteiger partial charge in [0.2, 0.25) is 0 Å². The summed E-state index contributed by atoms with van der Waals surface area (Å²) in [6.45, 7) is 2.36. The summed E-state index contributed by atoms with van der Waals surface area (Å²) in [4.78, 5) is 10.6. The van der Waals surface area contributed by atoms with Crippen LogP contribution in [0.5, 0.6) is 0 Å². The molecule has 0 aromatic heterocycles. The first-order valence-corrected chi connectivity index (χ1v) is 4.89. The molecule has 1 aromatic rings. The molecule has 15 heavy (non-hydrogen) atoms. The molecule has 1 aromatic carbocycles. The van der Waals surface area contributed by atoms with E-state index >= 15 is 0 Å². The van der Waals surface area contributed by atoms with Gasteiger partial charge in [0.25, 0.3) is 0 Å². The Morgan fingerprint density at radius 2 is 2.13 bits per heavy atom. The standard InChI is InChI=1S/C11H16N2O2/c1-8(15-11(13)14)10-5-3-2-4-9(10)6-7-12/h2-5,8H,6-7,12H2,1H3,(H2,13,14). The largest absolute Gasteiger partial charge is 0.442 e. The monoisotopic (exact) mass is 208 g/mol. The Morgan fingerprint density at radius 3 is 2.73 bits per heavy atom. The van der Waals surface area contributed by atoms with E-state index in [2.05, 4.69) is 0 Å². The predicted molar refractivity (Wildman–Crippen MR) is 58.3 cm³/mol. The summed E-state index contributed by atoms with van der Waals surface area (Å²) in [5.74, 6) is 0. The molecule has 4 N–H and O–H groups in total. The summed E-state index contributed by atoms with van der Waals surface area (Å²) in [5, 5.41) is 0. The van der Waals surface area contributed by atoms with E-state index in [1.54, 1.807) is 6.92 Å². The highest BCUT2D eigenvalue weighted by atomic mass is 16.6. The second-order valence-corrected chi connectivity index (χ2v) is 3.32. The van der Waals surface area contributed by atoms with E-state index in [-0.39, 0.29) is 6.10 Å². The molecule has 0 bridgehead atoms. The zero-order valence-electron chi connectivity index (χ0n) is 8.77. The van der Waals surface area contributed by atoms with Crippen LogP contribution in [0, 0.1) is 0 Å². The van der Waals surface area contributed by atoms with Gasteiger partial charge in [-0.15, -0.1) is 0 Å². The van der Waals surface area contributed by atoms with Crippen LogP contribution in [0.4, 0.5) is 4.79 Å². The molecule has 1 atom stereocenters. The first-order chi connectivity index (χ1) is 7.15. The van der Waals surface area contributed by atoms with E-state index in [1.165, 1.54) is 0 Å². The molecule has 0 radical (unpaired) electrons. The second-order valence-electron chi connectivity index (χ2n) is 3.32. The predicted octanol–water partition coefficient (Wildman–Crippen LogP) is 1.34. The minimum atomic E-state index is -0.759. The lowest BCUT2D eigenvalue weighted by molar-refractivity contribution is 0.116. The number of benzene rings is 1. The first kappa shape index (κ1) is 11.5. The van der Waals surface area contributed by atoms with Gasteiger partial charge in [-0.05, 0) is 31.0 Å². The highest BCUT2D eigenvalue weighted by Crippen LogP contribution is 2.21. The summed E-state index contributed by atoms with van der Waals surface area (Å²) >= 11 is 0. The Kier molecular flexibility index (Phi) is 4.12. The Morgan fingerprint density at radius 1 is 1.47 bits per heavy atom. The number of hydrogen-bond donors (Lipinski definition) is 2. The quantitative estimate of drug-likeness (QED) is 0.783. The van der Waals surface area contributed by atoms with E-state index in [9.17, 15) is 4.79 Å². The highest BCUT2D eigenvalue weighted by Gasteiger charge is 2.12. The van der Waals surface area contributed by atoms with Crippen molar-refractivity contribution in [1.82, 2.24) is 0 Å². The van der Waals surface area contributed by atoms with Crippen LogP contribution in [0.25, 0.3) is 0 Å². The molecular formula is C11H16N2O2. The molecule has 0 saturated carbocycles. The van der Waals surface area contributed by atoms with Gasteiger partial charge >= 0.3 is 6.09 Å². The molecule has 0 spiro atoms. The molecule has 0 fully saturated rings.